The van der Waals surface area contributed by atoms with Crippen LogP contribution >= 0.6 is 0 Å². The molecule has 1 atom stereocenters. The summed E-state index contributed by atoms with van der Waals surface area (Å²) in [4.78, 5) is 14.1. The van der Waals surface area contributed by atoms with Gasteiger partial charge in [-0.15, -0.1) is 0 Å². The Morgan fingerprint density at radius 1 is 1.35 bits per heavy atom. The first-order valence-electron chi connectivity index (χ1n) is 6.91. The van der Waals surface area contributed by atoms with Crippen LogP contribution in [-0.4, -0.2) is 35.4 Å². The van der Waals surface area contributed by atoms with Crippen LogP contribution in [-0.2, 0) is 11.4 Å². The van der Waals surface area contributed by atoms with E-state index in [0.717, 1.165) is 5.56 Å². The number of benzene rings is 1. The summed E-state index contributed by atoms with van der Waals surface area (Å²) in [6, 6.07) is 5.33. The van der Waals surface area contributed by atoms with Crippen molar-refractivity contribution in [1.29, 1.82) is 0 Å². The zero-order valence-electron chi connectivity index (χ0n) is 11.9. The Morgan fingerprint density at radius 3 is 2.70 bits per heavy atom. The second-order valence-electron chi connectivity index (χ2n) is 5.31. The molecule has 1 aromatic carbocycles. The third-order valence-corrected chi connectivity index (χ3v) is 3.41. The number of aliphatic hydroxyl groups is 2. The summed E-state index contributed by atoms with van der Waals surface area (Å²) in [5.41, 5.74) is 1.46. The van der Waals surface area contributed by atoms with Crippen molar-refractivity contribution in [3.63, 3.8) is 0 Å². The number of hydrogen-bond donors (Lipinski definition) is 2. The molecule has 0 aromatic heterocycles. The van der Waals surface area contributed by atoms with Gasteiger partial charge in [-0.25, -0.2) is 0 Å². The van der Waals surface area contributed by atoms with Gasteiger partial charge in [-0.1, -0.05) is 19.9 Å². The largest absolute Gasteiger partial charge is 0.478 e. The fourth-order valence-electron chi connectivity index (χ4n) is 2.31. The van der Waals surface area contributed by atoms with E-state index in [2.05, 4.69) is 0 Å². The number of carbonyl (C=O) groups is 1. The molecule has 1 unspecified atom stereocenters. The number of aliphatic hydroxyl groups excluding tert-OH is 2. The van der Waals surface area contributed by atoms with Gasteiger partial charge >= 0.3 is 0 Å². The normalized spacial score (nSPS) is 18.1. The molecule has 0 fully saturated rings. The Kier molecular flexibility index (Phi) is 4.62. The smallest absolute Gasteiger partial charge is 0.268 e. The molecule has 5 heteroatoms. The summed E-state index contributed by atoms with van der Waals surface area (Å²) in [5, 5.41) is 18.2. The van der Waals surface area contributed by atoms with Gasteiger partial charge in [0.1, 0.15) is 5.75 Å². The van der Waals surface area contributed by atoms with E-state index >= 15 is 0 Å². The van der Waals surface area contributed by atoms with Gasteiger partial charge in [-0.2, -0.15) is 0 Å². The lowest BCUT2D eigenvalue weighted by Gasteiger charge is -2.36. The van der Waals surface area contributed by atoms with Crippen molar-refractivity contribution >= 4 is 11.6 Å². The summed E-state index contributed by atoms with van der Waals surface area (Å²) < 4.78 is 5.79. The second kappa shape index (κ2) is 6.24. The molecule has 1 aliphatic rings. The Bertz CT molecular complexity index is 487. The molecule has 0 aliphatic carbocycles. The Morgan fingerprint density at radius 2 is 2.10 bits per heavy atom. The SMILES string of the molecule is CC(C)C1Oc2cc(CO)ccc2N(CCCO)C1=O. The monoisotopic (exact) mass is 279 g/mol. The third kappa shape index (κ3) is 2.78. The molecule has 0 bridgehead atoms. The molecule has 1 aromatic rings. The molecular formula is C15H21NO4. The van der Waals surface area contributed by atoms with Crippen LogP contribution < -0.4 is 9.64 Å². The molecule has 0 radical (unpaired) electrons. The van der Waals surface area contributed by atoms with Crippen LogP contribution in [0.4, 0.5) is 5.69 Å². The fraction of sp³-hybridized carbons (Fsp3) is 0.533. The zero-order valence-corrected chi connectivity index (χ0v) is 11.9. The van der Waals surface area contributed by atoms with Crippen LogP contribution in [0.5, 0.6) is 5.75 Å². The quantitative estimate of drug-likeness (QED) is 0.852. The summed E-state index contributed by atoms with van der Waals surface area (Å²) in [6.45, 7) is 4.32. The standard InChI is InChI=1S/C15H21NO4/c1-10(2)14-15(19)16(6-3-7-17)12-5-4-11(9-18)8-13(12)20-14/h4-5,8,10,14,17-18H,3,6-7,9H2,1-2H3. The van der Waals surface area contributed by atoms with Gasteiger partial charge in [0.15, 0.2) is 6.10 Å². The number of ether oxygens (including phenoxy) is 1. The maximum atomic E-state index is 12.5. The molecule has 2 N–H and O–H groups in total. The lowest BCUT2D eigenvalue weighted by atomic mass is 10.0. The molecule has 20 heavy (non-hydrogen) atoms. The molecule has 110 valence electrons. The summed E-state index contributed by atoms with van der Waals surface area (Å²) in [6.07, 6.45) is 0.00715. The van der Waals surface area contributed by atoms with E-state index in [1.807, 2.05) is 13.8 Å². The highest BCUT2D eigenvalue weighted by Gasteiger charge is 2.35. The lowest BCUT2D eigenvalue weighted by Crippen LogP contribution is -2.48. The molecule has 2 rings (SSSR count). The van der Waals surface area contributed by atoms with Crippen LogP contribution in [0.2, 0.25) is 0 Å². The number of hydrogen-bond acceptors (Lipinski definition) is 4. The van der Waals surface area contributed by atoms with Gasteiger partial charge in [0.05, 0.1) is 12.3 Å². The Labute approximate surface area is 118 Å². The van der Waals surface area contributed by atoms with Crippen molar-refractivity contribution in [1.82, 2.24) is 0 Å². The van der Waals surface area contributed by atoms with E-state index in [4.69, 9.17) is 9.84 Å². The van der Waals surface area contributed by atoms with Crippen molar-refractivity contribution in [3.05, 3.63) is 23.8 Å². The highest BCUT2D eigenvalue weighted by molar-refractivity contribution is 6.00. The number of nitrogens with zero attached hydrogens (tertiary/aromatic N) is 1. The van der Waals surface area contributed by atoms with Gasteiger partial charge in [0, 0.05) is 13.2 Å². The van der Waals surface area contributed by atoms with E-state index < -0.39 is 6.10 Å². The average Bonchev–Trinajstić information content (AvgIpc) is 2.45. The Balaban J connectivity index is 2.38. The topological polar surface area (TPSA) is 70.0 Å². The van der Waals surface area contributed by atoms with Gasteiger partial charge < -0.3 is 19.8 Å². The van der Waals surface area contributed by atoms with Gasteiger partial charge in [-0.05, 0) is 30.0 Å². The molecule has 0 spiro atoms. The first-order valence-corrected chi connectivity index (χ1v) is 6.91. The number of fused-ring (bicyclic) bond motifs is 1. The first-order chi connectivity index (χ1) is 9.58. The maximum Gasteiger partial charge on any atom is 0.268 e. The van der Waals surface area contributed by atoms with Crippen molar-refractivity contribution in [2.45, 2.75) is 33.0 Å². The van der Waals surface area contributed by atoms with Crippen LogP contribution in [0.25, 0.3) is 0 Å². The number of rotatable bonds is 5. The Hall–Kier alpha value is -1.59. The van der Waals surface area contributed by atoms with Gasteiger partial charge in [0.2, 0.25) is 0 Å². The van der Waals surface area contributed by atoms with Crippen LogP contribution in [0, 0.1) is 5.92 Å². The second-order valence-corrected chi connectivity index (χ2v) is 5.31. The lowest BCUT2D eigenvalue weighted by molar-refractivity contribution is -0.128. The van der Waals surface area contributed by atoms with E-state index in [0.29, 0.717) is 24.4 Å². The zero-order chi connectivity index (χ0) is 14.7. The van der Waals surface area contributed by atoms with Crippen molar-refractivity contribution in [2.24, 2.45) is 5.92 Å². The highest BCUT2D eigenvalue weighted by Crippen LogP contribution is 2.36. The third-order valence-electron chi connectivity index (χ3n) is 3.41. The van der Waals surface area contributed by atoms with E-state index in [9.17, 15) is 9.90 Å². The van der Waals surface area contributed by atoms with Crippen molar-refractivity contribution in [2.75, 3.05) is 18.1 Å². The maximum absolute atomic E-state index is 12.5. The molecule has 1 heterocycles. The minimum Gasteiger partial charge on any atom is -0.478 e. The van der Waals surface area contributed by atoms with Gasteiger partial charge in [0.25, 0.3) is 5.91 Å². The highest BCUT2D eigenvalue weighted by atomic mass is 16.5. The van der Waals surface area contributed by atoms with E-state index in [1.54, 1.807) is 23.1 Å². The number of anilines is 1. The fourth-order valence-corrected chi connectivity index (χ4v) is 2.31. The number of amides is 1. The molecule has 0 saturated carbocycles. The van der Waals surface area contributed by atoms with Crippen LogP contribution in [0.3, 0.4) is 0 Å². The molecular weight excluding hydrogens is 258 g/mol. The molecule has 5 nitrogen and oxygen atoms in total. The van der Waals surface area contributed by atoms with E-state index in [-0.39, 0.29) is 25.0 Å². The molecule has 1 amide bonds. The predicted octanol–water partition coefficient (Wildman–Crippen LogP) is 1.31. The summed E-state index contributed by atoms with van der Waals surface area (Å²) in [7, 11) is 0. The summed E-state index contributed by atoms with van der Waals surface area (Å²) >= 11 is 0. The molecule has 1 aliphatic heterocycles. The van der Waals surface area contributed by atoms with E-state index in [1.165, 1.54) is 0 Å². The average molecular weight is 279 g/mol. The number of carbonyl (C=O) groups excluding carboxylic acids is 1. The van der Waals surface area contributed by atoms with Gasteiger partial charge in [-0.3, -0.25) is 4.79 Å². The van der Waals surface area contributed by atoms with Crippen LogP contribution in [0.1, 0.15) is 25.8 Å². The van der Waals surface area contributed by atoms with Crippen molar-refractivity contribution in [3.8, 4) is 5.75 Å². The predicted molar refractivity (Wildman–Crippen MR) is 75.7 cm³/mol. The summed E-state index contributed by atoms with van der Waals surface area (Å²) in [5.74, 6) is 0.607. The van der Waals surface area contributed by atoms with Crippen molar-refractivity contribution < 1.29 is 19.7 Å². The minimum atomic E-state index is -0.518. The molecule has 0 saturated heterocycles. The first kappa shape index (κ1) is 14.8. The van der Waals surface area contributed by atoms with Crippen LogP contribution in [0.15, 0.2) is 18.2 Å². The minimum absolute atomic E-state index is 0.0427.